The number of hydrogen-bond acceptors (Lipinski definition) is 3. The number of nitrogens with two attached hydrogens (primary N) is 1. The predicted molar refractivity (Wildman–Crippen MR) is 100 cm³/mol. The second-order valence-corrected chi connectivity index (χ2v) is 7.14. The normalized spacial score (nSPS) is 23.7. The van der Waals surface area contributed by atoms with Crippen LogP contribution in [-0.4, -0.2) is 25.2 Å². The number of rotatable bonds is 3. The van der Waals surface area contributed by atoms with Crippen molar-refractivity contribution in [3.8, 4) is 0 Å². The highest BCUT2D eigenvalue weighted by Gasteiger charge is 2.36. The van der Waals surface area contributed by atoms with Crippen LogP contribution in [0.4, 0.5) is 5.69 Å². The molecule has 0 aromatic heterocycles. The fourth-order valence-corrected chi connectivity index (χ4v) is 4.31. The summed E-state index contributed by atoms with van der Waals surface area (Å²) in [6.07, 6.45) is 3.09. The molecule has 2 heterocycles. The number of fused-ring (bicyclic) bond motifs is 5. The number of piperazine rings is 1. The molecule has 2 aromatic carbocycles. The highest BCUT2D eigenvalue weighted by Crippen LogP contribution is 2.40. The molecule has 3 nitrogen and oxygen atoms in total. The van der Waals surface area contributed by atoms with Crippen LogP contribution in [0.15, 0.2) is 48.5 Å². The van der Waals surface area contributed by atoms with Gasteiger partial charge < -0.3 is 16.0 Å². The van der Waals surface area contributed by atoms with Crippen LogP contribution in [0.1, 0.15) is 42.5 Å². The van der Waals surface area contributed by atoms with Gasteiger partial charge in [-0.3, -0.25) is 0 Å². The molecule has 0 spiro atoms. The average Bonchev–Trinajstić information content (AvgIpc) is 2.77. The van der Waals surface area contributed by atoms with E-state index in [0.29, 0.717) is 12.1 Å². The van der Waals surface area contributed by atoms with Gasteiger partial charge in [0.15, 0.2) is 0 Å². The molecule has 0 amide bonds. The highest BCUT2D eigenvalue weighted by atomic mass is 15.3. The third-order valence-corrected chi connectivity index (χ3v) is 5.61. The van der Waals surface area contributed by atoms with E-state index in [1.165, 1.54) is 22.4 Å². The highest BCUT2D eigenvalue weighted by molar-refractivity contribution is 5.61. The molecule has 0 radical (unpaired) electrons. The molecular formula is C21H27N3. The predicted octanol–water partition coefficient (Wildman–Crippen LogP) is 3.24. The second kappa shape index (κ2) is 6.58. The summed E-state index contributed by atoms with van der Waals surface area (Å²) in [4.78, 5) is 2.66. The van der Waals surface area contributed by atoms with Gasteiger partial charge in [-0.2, -0.15) is 0 Å². The summed E-state index contributed by atoms with van der Waals surface area (Å²) in [7, 11) is 0. The number of benzene rings is 2. The van der Waals surface area contributed by atoms with E-state index in [4.69, 9.17) is 5.73 Å². The van der Waals surface area contributed by atoms with E-state index < -0.39 is 0 Å². The van der Waals surface area contributed by atoms with Crippen LogP contribution in [0.5, 0.6) is 0 Å². The quantitative estimate of drug-likeness (QED) is 0.912. The molecule has 0 aliphatic carbocycles. The maximum Gasteiger partial charge on any atom is 0.0673 e. The van der Waals surface area contributed by atoms with E-state index in [9.17, 15) is 0 Å². The largest absolute Gasteiger partial charge is 0.359 e. The zero-order chi connectivity index (χ0) is 16.5. The Hall–Kier alpha value is -1.84. The van der Waals surface area contributed by atoms with Gasteiger partial charge in [-0.05, 0) is 42.0 Å². The second-order valence-electron chi connectivity index (χ2n) is 7.14. The lowest BCUT2D eigenvalue weighted by Gasteiger charge is -2.45. The van der Waals surface area contributed by atoms with Crippen molar-refractivity contribution >= 4 is 5.69 Å². The van der Waals surface area contributed by atoms with Gasteiger partial charge in [0.05, 0.1) is 6.04 Å². The first kappa shape index (κ1) is 15.7. The zero-order valence-electron chi connectivity index (χ0n) is 14.4. The van der Waals surface area contributed by atoms with Crippen molar-refractivity contribution < 1.29 is 0 Å². The summed E-state index contributed by atoms with van der Waals surface area (Å²) in [5.74, 6) is 0. The Labute approximate surface area is 144 Å². The zero-order valence-corrected chi connectivity index (χ0v) is 14.4. The maximum absolute atomic E-state index is 6.32. The van der Waals surface area contributed by atoms with Gasteiger partial charge in [0.1, 0.15) is 0 Å². The van der Waals surface area contributed by atoms with Gasteiger partial charge in [-0.1, -0.05) is 49.4 Å². The van der Waals surface area contributed by atoms with E-state index in [0.717, 1.165) is 32.4 Å². The van der Waals surface area contributed by atoms with Crippen LogP contribution in [-0.2, 0) is 6.42 Å². The smallest absolute Gasteiger partial charge is 0.0673 e. The minimum atomic E-state index is 0.265. The molecular weight excluding hydrogens is 294 g/mol. The van der Waals surface area contributed by atoms with Gasteiger partial charge in [-0.15, -0.1) is 0 Å². The molecule has 4 rings (SSSR count). The van der Waals surface area contributed by atoms with Gasteiger partial charge in [0, 0.05) is 30.9 Å². The van der Waals surface area contributed by atoms with E-state index in [1.54, 1.807) is 0 Å². The van der Waals surface area contributed by atoms with Gasteiger partial charge >= 0.3 is 0 Å². The molecule has 1 fully saturated rings. The van der Waals surface area contributed by atoms with E-state index in [2.05, 4.69) is 65.7 Å². The van der Waals surface area contributed by atoms with E-state index in [1.807, 2.05) is 0 Å². The molecule has 24 heavy (non-hydrogen) atoms. The summed E-state index contributed by atoms with van der Waals surface area (Å²) >= 11 is 0. The van der Waals surface area contributed by atoms with Crippen LogP contribution < -0.4 is 16.0 Å². The standard InChI is InChI=1S/C21H27N3/c1-2-17(22)12-18-13-23-14-21-19-9-5-3-7-15(19)11-16-8-4-6-10-20(16)24(18)21/h3-10,17-18,21,23H,2,11-14,22H2,1H3/t17?,18?,21-/m0/s1. The Morgan fingerprint density at radius 1 is 1.08 bits per heavy atom. The monoisotopic (exact) mass is 321 g/mol. The number of nitrogens with one attached hydrogen (secondary N) is 1. The summed E-state index contributed by atoms with van der Waals surface area (Å²) in [5.41, 5.74) is 12.1. The molecule has 2 unspecified atom stereocenters. The molecule has 3 atom stereocenters. The van der Waals surface area contributed by atoms with Crippen molar-refractivity contribution in [3.05, 3.63) is 65.2 Å². The van der Waals surface area contributed by atoms with Gasteiger partial charge in [0.2, 0.25) is 0 Å². The molecule has 3 N–H and O–H groups in total. The molecule has 0 saturated carbocycles. The Kier molecular flexibility index (Phi) is 4.30. The van der Waals surface area contributed by atoms with Crippen molar-refractivity contribution in [1.29, 1.82) is 0 Å². The van der Waals surface area contributed by atoms with Crippen molar-refractivity contribution in [2.45, 2.75) is 44.3 Å². The van der Waals surface area contributed by atoms with Gasteiger partial charge in [0.25, 0.3) is 0 Å². The molecule has 0 bridgehead atoms. The average molecular weight is 321 g/mol. The fourth-order valence-electron chi connectivity index (χ4n) is 4.31. The molecule has 1 saturated heterocycles. The van der Waals surface area contributed by atoms with Crippen LogP contribution in [0.3, 0.4) is 0 Å². The lowest BCUT2D eigenvalue weighted by atomic mass is 9.93. The Morgan fingerprint density at radius 2 is 1.83 bits per heavy atom. The molecule has 126 valence electrons. The summed E-state index contributed by atoms with van der Waals surface area (Å²) < 4.78 is 0. The number of nitrogens with zero attached hydrogens (tertiary/aromatic N) is 1. The van der Waals surface area contributed by atoms with E-state index >= 15 is 0 Å². The van der Waals surface area contributed by atoms with Crippen molar-refractivity contribution in [2.75, 3.05) is 18.0 Å². The number of hydrogen-bond donors (Lipinski definition) is 2. The van der Waals surface area contributed by atoms with Crippen LogP contribution in [0, 0.1) is 0 Å². The fraction of sp³-hybridized carbons (Fsp3) is 0.429. The third-order valence-electron chi connectivity index (χ3n) is 5.61. The van der Waals surface area contributed by atoms with Crippen molar-refractivity contribution in [2.24, 2.45) is 5.73 Å². The van der Waals surface area contributed by atoms with Crippen molar-refractivity contribution in [1.82, 2.24) is 5.32 Å². The van der Waals surface area contributed by atoms with E-state index in [-0.39, 0.29) is 6.04 Å². The maximum atomic E-state index is 6.32. The minimum absolute atomic E-state index is 0.265. The van der Waals surface area contributed by atoms with Gasteiger partial charge in [-0.25, -0.2) is 0 Å². The minimum Gasteiger partial charge on any atom is -0.359 e. The molecule has 2 aliphatic rings. The Morgan fingerprint density at radius 3 is 2.67 bits per heavy atom. The topological polar surface area (TPSA) is 41.3 Å². The first-order valence-electron chi connectivity index (χ1n) is 9.18. The first-order valence-corrected chi connectivity index (χ1v) is 9.18. The Balaban J connectivity index is 1.82. The summed E-state index contributed by atoms with van der Waals surface area (Å²) in [6.45, 7) is 4.20. The van der Waals surface area contributed by atoms with Crippen LogP contribution in [0.2, 0.25) is 0 Å². The van der Waals surface area contributed by atoms with Crippen molar-refractivity contribution in [3.63, 3.8) is 0 Å². The number of anilines is 1. The summed E-state index contributed by atoms with van der Waals surface area (Å²) in [5, 5.41) is 3.67. The third kappa shape index (κ3) is 2.72. The molecule has 2 aliphatic heterocycles. The lowest BCUT2D eigenvalue weighted by Crippen LogP contribution is -2.54. The summed E-state index contributed by atoms with van der Waals surface area (Å²) in [6, 6.07) is 19.0. The van der Waals surface area contributed by atoms with Crippen LogP contribution >= 0.6 is 0 Å². The molecule has 2 aromatic rings. The molecule has 3 heteroatoms. The Bertz CT molecular complexity index is 712. The lowest BCUT2D eigenvalue weighted by molar-refractivity contribution is 0.368. The number of para-hydroxylation sites is 1. The SMILES string of the molecule is CCC(N)CC1CNC[C@H]2c3ccccc3Cc3ccccc3N12. The van der Waals surface area contributed by atoms with Crippen LogP contribution in [0.25, 0.3) is 0 Å². The first-order chi connectivity index (χ1) is 11.8.